The van der Waals surface area contributed by atoms with E-state index in [2.05, 4.69) is 36.4 Å². The van der Waals surface area contributed by atoms with Gasteiger partial charge in [-0.3, -0.25) is 4.79 Å². The Bertz CT molecular complexity index is 908. The largest absolute Gasteiger partial charge is 0.507 e. The first kappa shape index (κ1) is 17.5. The average molecular weight is 419 g/mol. The van der Waals surface area contributed by atoms with Crippen molar-refractivity contribution in [1.82, 2.24) is 15.4 Å². The molecule has 0 aliphatic heterocycles. The van der Waals surface area contributed by atoms with E-state index in [4.69, 9.17) is 0 Å². The number of imidazole rings is 1. The number of H-pyrrole nitrogens is 1. The molecule has 8 heteroatoms. The number of phenols is 1. The molecular formula is C17H15BrN4O2S. The van der Waals surface area contributed by atoms with Gasteiger partial charge in [-0.15, -0.1) is 0 Å². The van der Waals surface area contributed by atoms with Gasteiger partial charge in [0.2, 0.25) is 0 Å². The Hall–Kier alpha value is -2.32. The molecule has 1 heterocycles. The topological polar surface area (TPSA) is 90.4 Å². The maximum Gasteiger partial charge on any atom is 0.253 e. The molecule has 1 aromatic heterocycles. The summed E-state index contributed by atoms with van der Waals surface area (Å²) in [5.74, 6) is -0.165. The second kappa shape index (κ2) is 7.71. The number of amides is 1. The van der Waals surface area contributed by atoms with Crippen molar-refractivity contribution in [2.45, 2.75) is 17.3 Å². The molecule has 2 aromatic carbocycles. The highest BCUT2D eigenvalue weighted by Crippen LogP contribution is 2.23. The summed E-state index contributed by atoms with van der Waals surface area (Å²) >= 11 is 4.64. The number of fused-ring (bicyclic) bond motifs is 1. The Balaban J connectivity index is 1.60. The van der Waals surface area contributed by atoms with Gasteiger partial charge in [0.1, 0.15) is 5.75 Å². The van der Waals surface area contributed by atoms with Gasteiger partial charge in [0.05, 0.1) is 22.5 Å². The van der Waals surface area contributed by atoms with E-state index in [1.54, 1.807) is 25.1 Å². The van der Waals surface area contributed by atoms with E-state index in [1.165, 1.54) is 18.0 Å². The van der Waals surface area contributed by atoms with Crippen LogP contribution in [-0.2, 0) is 4.79 Å². The van der Waals surface area contributed by atoms with Crippen molar-refractivity contribution in [2.24, 2.45) is 5.10 Å². The average Bonchev–Trinajstić information content (AvgIpc) is 3.00. The molecule has 128 valence electrons. The van der Waals surface area contributed by atoms with Crippen molar-refractivity contribution >= 4 is 50.8 Å². The van der Waals surface area contributed by atoms with Gasteiger partial charge >= 0.3 is 0 Å². The number of hydrogen-bond acceptors (Lipinski definition) is 5. The number of halogens is 1. The lowest BCUT2D eigenvalue weighted by atomic mass is 10.2. The molecule has 0 aliphatic carbocycles. The number of nitrogens with zero attached hydrogens (tertiary/aromatic N) is 2. The Kier molecular flexibility index (Phi) is 5.40. The first-order valence-corrected chi connectivity index (χ1v) is 9.13. The zero-order valence-electron chi connectivity index (χ0n) is 13.2. The third-order valence-corrected chi connectivity index (χ3v) is 4.87. The molecule has 0 aliphatic rings. The zero-order chi connectivity index (χ0) is 17.8. The van der Waals surface area contributed by atoms with Crippen molar-refractivity contribution in [3.63, 3.8) is 0 Å². The van der Waals surface area contributed by atoms with Crippen LogP contribution in [0.3, 0.4) is 0 Å². The number of aromatic amines is 1. The molecule has 0 radical (unpaired) electrons. The number of phenolic OH excluding ortho intramolecular Hbond substituents is 1. The molecule has 0 fully saturated rings. The second-order valence-electron chi connectivity index (χ2n) is 5.26. The van der Waals surface area contributed by atoms with Crippen LogP contribution in [0.2, 0.25) is 0 Å². The van der Waals surface area contributed by atoms with Gasteiger partial charge in [-0.1, -0.05) is 39.8 Å². The Labute approximate surface area is 156 Å². The summed E-state index contributed by atoms with van der Waals surface area (Å²) in [5.41, 5.74) is 4.77. The molecule has 0 bridgehead atoms. The van der Waals surface area contributed by atoms with Gasteiger partial charge in [0.15, 0.2) is 5.16 Å². The Morgan fingerprint density at radius 1 is 1.40 bits per heavy atom. The molecule has 1 unspecified atom stereocenters. The zero-order valence-corrected chi connectivity index (χ0v) is 15.6. The Morgan fingerprint density at radius 3 is 3.00 bits per heavy atom. The standard InChI is InChI=1S/C17H15BrN4O2S/c1-10(25-17-20-13-4-2-3-5-14(13)21-17)16(24)22-19-9-11-8-12(18)6-7-15(11)23/h2-10,23H,1H3,(H,20,21)(H,22,24)/b19-9+. The molecular weight excluding hydrogens is 404 g/mol. The van der Waals surface area contributed by atoms with Crippen LogP contribution >= 0.6 is 27.7 Å². The number of nitrogens with one attached hydrogen (secondary N) is 2. The van der Waals surface area contributed by atoms with Crippen LogP contribution in [0.4, 0.5) is 0 Å². The molecule has 25 heavy (non-hydrogen) atoms. The molecule has 3 rings (SSSR count). The molecule has 1 amide bonds. The van der Waals surface area contributed by atoms with Crippen LogP contribution in [-0.4, -0.2) is 32.4 Å². The number of hydrazone groups is 1. The van der Waals surface area contributed by atoms with E-state index in [1.807, 2.05) is 24.3 Å². The molecule has 0 saturated heterocycles. The van der Waals surface area contributed by atoms with Crippen LogP contribution in [0.1, 0.15) is 12.5 Å². The predicted octanol–water partition coefficient (Wildman–Crippen LogP) is 3.66. The van der Waals surface area contributed by atoms with Gasteiger partial charge in [-0.2, -0.15) is 5.10 Å². The molecule has 3 aromatic rings. The lowest BCUT2D eigenvalue weighted by molar-refractivity contribution is -0.120. The van der Waals surface area contributed by atoms with E-state index in [0.717, 1.165) is 15.5 Å². The lowest BCUT2D eigenvalue weighted by Crippen LogP contribution is -2.26. The highest BCUT2D eigenvalue weighted by atomic mass is 79.9. The van der Waals surface area contributed by atoms with Gasteiger partial charge in [0.25, 0.3) is 5.91 Å². The van der Waals surface area contributed by atoms with Crippen LogP contribution < -0.4 is 5.43 Å². The summed E-state index contributed by atoms with van der Waals surface area (Å²) in [6.07, 6.45) is 1.40. The first-order chi connectivity index (χ1) is 12.0. The number of carbonyl (C=O) groups excluding carboxylic acids is 1. The number of aromatic nitrogens is 2. The lowest BCUT2D eigenvalue weighted by Gasteiger charge is -2.07. The number of para-hydroxylation sites is 2. The fourth-order valence-corrected chi connectivity index (χ4v) is 3.28. The normalized spacial score (nSPS) is 12.6. The molecule has 1 atom stereocenters. The van der Waals surface area contributed by atoms with Crippen molar-refractivity contribution < 1.29 is 9.90 Å². The molecule has 0 spiro atoms. The van der Waals surface area contributed by atoms with E-state index in [0.29, 0.717) is 10.7 Å². The number of rotatable bonds is 5. The van der Waals surface area contributed by atoms with Crippen molar-refractivity contribution in [3.8, 4) is 5.75 Å². The number of carbonyl (C=O) groups is 1. The van der Waals surface area contributed by atoms with Crippen LogP contribution in [0.5, 0.6) is 5.75 Å². The number of hydrogen-bond donors (Lipinski definition) is 3. The van der Waals surface area contributed by atoms with Crippen molar-refractivity contribution in [1.29, 1.82) is 0 Å². The molecule has 6 nitrogen and oxygen atoms in total. The summed E-state index contributed by atoms with van der Waals surface area (Å²) in [6.45, 7) is 1.78. The summed E-state index contributed by atoms with van der Waals surface area (Å²) in [5, 5.41) is 13.9. The van der Waals surface area contributed by atoms with Crippen LogP contribution in [0.25, 0.3) is 11.0 Å². The number of aromatic hydroxyl groups is 1. The van der Waals surface area contributed by atoms with Gasteiger partial charge < -0.3 is 10.1 Å². The number of thioether (sulfide) groups is 1. The van der Waals surface area contributed by atoms with Crippen LogP contribution in [0.15, 0.2) is 57.2 Å². The molecule has 0 saturated carbocycles. The Morgan fingerprint density at radius 2 is 2.20 bits per heavy atom. The SMILES string of the molecule is CC(Sc1nc2ccccc2[nH]1)C(=O)N/N=C/c1cc(Br)ccc1O. The maximum absolute atomic E-state index is 12.1. The predicted molar refractivity (Wildman–Crippen MR) is 103 cm³/mol. The fraction of sp³-hybridized carbons (Fsp3) is 0.118. The van der Waals surface area contributed by atoms with Gasteiger partial charge in [-0.25, -0.2) is 10.4 Å². The van der Waals surface area contributed by atoms with E-state index >= 15 is 0 Å². The van der Waals surface area contributed by atoms with Crippen LogP contribution in [0, 0.1) is 0 Å². The molecule has 3 N–H and O–H groups in total. The van der Waals surface area contributed by atoms with Gasteiger partial charge in [-0.05, 0) is 37.3 Å². The van der Waals surface area contributed by atoms with E-state index in [-0.39, 0.29) is 16.9 Å². The van der Waals surface area contributed by atoms with Crippen molar-refractivity contribution in [2.75, 3.05) is 0 Å². The monoisotopic (exact) mass is 418 g/mol. The third kappa shape index (κ3) is 4.40. The quantitative estimate of drug-likeness (QED) is 0.335. The highest BCUT2D eigenvalue weighted by Gasteiger charge is 2.16. The minimum absolute atomic E-state index is 0.0888. The summed E-state index contributed by atoms with van der Waals surface area (Å²) in [4.78, 5) is 19.8. The third-order valence-electron chi connectivity index (χ3n) is 3.39. The number of benzene rings is 2. The smallest absolute Gasteiger partial charge is 0.253 e. The summed E-state index contributed by atoms with van der Waals surface area (Å²) in [6, 6.07) is 12.7. The summed E-state index contributed by atoms with van der Waals surface area (Å²) < 4.78 is 0.812. The maximum atomic E-state index is 12.1. The fourth-order valence-electron chi connectivity index (χ4n) is 2.09. The second-order valence-corrected chi connectivity index (χ2v) is 7.50. The summed E-state index contributed by atoms with van der Waals surface area (Å²) in [7, 11) is 0. The van der Waals surface area contributed by atoms with E-state index in [9.17, 15) is 9.90 Å². The minimum Gasteiger partial charge on any atom is -0.507 e. The first-order valence-electron chi connectivity index (χ1n) is 7.46. The van der Waals surface area contributed by atoms with Gasteiger partial charge in [0, 0.05) is 10.0 Å². The minimum atomic E-state index is -0.381. The van der Waals surface area contributed by atoms with Crippen molar-refractivity contribution in [3.05, 3.63) is 52.5 Å². The van der Waals surface area contributed by atoms with E-state index < -0.39 is 0 Å². The highest BCUT2D eigenvalue weighted by molar-refractivity contribution is 9.10.